The van der Waals surface area contributed by atoms with Crippen LogP contribution in [0, 0.1) is 11.7 Å². The van der Waals surface area contributed by atoms with Crippen molar-refractivity contribution in [3.05, 3.63) is 28.5 Å². The Labute approximate surface area is 165 Å². The van der Waals surface area contributed by atoms with Crippen LogP contribution < -0.4 is 9.46 Å². The lowest BCUT2D eigenvalue weighted by molar-refractivity contribution is 0.0975. The number of ether oxygens (including phenoxy) is 1. The van der Waals surface area contributed by atoms with Crippen molar-refractivity contribution < 1.29 is 22.3 Å². The number of nitrogens with zero attached hydrogens (tertiary/aromatic N) is 1. The van der Waals surface area contributed by atoms with Gasteiger partial charge in [0.15, 0.2) is 0 Å². The minimum absolute atomic E-state index is 0.0599. The van der Waals surface area contributed by atoms with Gasteiger partial charge in [-0.1, -0.05) is 50.1 Å². The molecule has 0 spiro atoms. The third kappa shape index (κ3) is 6.33. The Morgan fingerprint density at radius 3 is 2.48 bits per heavy atom. The van der Waals surface area contributed by atoms with Gasteiger partial charge in [0.2, 0.25) is 0 Å². The second-order valence-electron chi connectivity index (χ2n) is 6.98. The first-order valence-electron chi connectivity index (χ1n) is 9.07. The third-order valence-corrected chi connectivity index (χ3v) is 6.43. The summed E-state index contributed by atoms with van der Waals surface area (Å²) in [5, 5.41) is 0.0599. The van der Waals surface area contributed by atoms with Crippen molar-refractivity contribution in [2.75, 3.05) is 20.7 Å². The lowest BCUT2D eigenvalue weighted by Gasteiger charge is -2.16. The van der Waals surface area contributed by atoms with Crippen LogP contribution in [-0.4, -0.2) is 39.3 Å². The van der Waals surface area contributed by atoms with E-state index in [4.69, 9.17) is 16.3 Å². The molecule has 1 fully saturated rings. The normalized spacial score (nSPS) is 16.2. The van der Waals surface area contributed by atoms with Crippen molar-refractivity contribution in [2.45, 2.75) is 44.9 Å². The predicted molar refractivity (Wildman–Crippen MR) is 103 cm³/mol. The van der Waals surface area contributed by atoms with E-state index in [2.05, 4.69) is 0 Å². The van der Waals surface area contributed by atoms with E-state index in [0.717, 1.165) is 22.9 Å². The van der Waals surface area contributed by atoms with E-state index in [1.807, 2.05) is 0 Å². The van der Waals surface area contributed by atoms with Gasteiger partial charge in [0.1, 0.15) is 11.6 Å². The van der Waals surface area contributed by atoms with Crippen LogP contribution in [0.3, 0.4) is 0 Å². The zero-order chi connectivity index (χ0) is 20.0. The van der Waals surface area contributed by atoms with Crippen molar-refractivity contribution in [1.82, 2.24) is 9.03 Å². The average molecular weight is 421 g/mol. The smallest absolute Gasteiger partial charge is 0.303 e. The summed E-state index contributed by atoms with van der Waals surface area (Å²) in [7, 11) is -1.51. The molecule has 27 heavy (non-hydrogen) atoms. The second kappa shape index (κ2) is 9.71. The van der Waals surface area contributed by atoms with E-state index < -0.39 is 27.5 Å². The molecule has 0 radical (unpaired) electrons. The van der Waals surface area contributed by atoms with Crippen molar-refractivity contribution >= 4 is 27.7 Å². The minimum Gasteiger partial charge on any atom is -0.492 e. The largest absolute Gasteiger partial charge is 0.492 e. The molecule has 1 aromatic rings. The maximum absolute atomic E-state index is 14.3. The van der Waals surface area contributed by atoms with Crippen LogP contribution in [-0.2, 0) is 10.2 Å². The molecule has 1 N–H and O–H groups in total. The van der Waals surface area contributed by atoms with Crippen LogP contribution >= 0.6 is 11.6 Å². The van der Waals surface area contributed by atoms with Gasteiger partial charge >= 0.3 is 10.2 Å². The molecule has 152 valence electrons. The van der Waals surface area contributed by atoms with Gasteiger partial charge in [-0.05, 0) is 18.4 Å². The van der Waals surface area contributed by atoms with Gasteiger partial charge in [-0.3, -0.25) is 4.79 Å². The van der Waals surface area contributed by atoms with E-state index in [-0.39, 0.29) is 10.8 Å². The summed E-state index contributed by atoms with van der Waals surface area (Å²) < 4.78 is 45.9. The van der Waals surface area contributed by atoms with Crippen LogP contribution in [0.4, 0.5) is 4.39 Å². The Morgan fingerprint density at radius 1 is 1.26 bits per heavy atom. The summed E-state index contributed by atoms with van der Waals surface area (Å²) in [6.45, 7) is 0.421. The molecule has 9 heteroatoms. The van der Waals surface area contributed by atoms with Gasteiger partial charge in [-0.15, -0.1) is 0 Å². The molecule has 0 bridgehead atoms. The summed E-state index contributed by atoms with van der Waals surface area (Å²) in [4.78, 5) is 12.0. The maximum atomic E-state index is 14.3. The first kappa shape index (κ1) is 21.9. The summed E-state index contributed by atoms with van der Waals surface area (Å²) >= 11 is 6.10. The number of carbonyl (C=O) groups excluding carboxylic acids is 1. The van der Waals surface area contributed by atoms with Gasteiger partial charge in [0.25, 0.3) is 5.91 Å². The molecule has 0 aliphatic heterocycles. The fourth-order valence-electron chi connectivity index (χ4n) is 3.06. The summed E-state index contributed by atoms with van der Waals surface area (Å²) in [6.07, 6.45) is 8.28. The SMILES string of the molecule is CN(C)S(=O)(=O)NC(=O)c1cc(Cl)c(OCCC2CCCCCC2)cc1F. The van der Waals surface area contributed by atoms with Crippen LogP contribution in [0.5, 0.6) is 5.75 Å². The van der Waals surface area contributed by atoms with E-state index in [1.54, 1.807) is 4.72 Å². The summed E-state index contributed by atoms with van der Waals surface area (Å²) in [5.41, 5.74) is -0.457. The van der Waals surface area contributed by atoms with Gasteiger partial charge in [-0.25, -0.2) is 9.11 Å². The molecule has 0 aromatic heterocycles. The summed E-state index contributed by atoms with van der Waals surface area (Å²) in [5.74, 6) is -1.23. The minimum atomic E-state index is -4.02. The van der Waals surface area contributed by atoms with Crippen LogP contribution in [0.2, 0.25) is 5.02 Å². The lowest BCUT2D eigenvalue weighted by Crippen LogP contribution is -2.39. The molecule has 6 nitrogen and oxygen atoms in total. The third-order valence-electron chi connectivity index (χ3n) is 4.73. The quantitative estimate of drug-likeness (QED) is 0.681. The number of hydrogen-bond donors (Lipinski definition) is 1. The number of nitrogens with one attached hydrogen (secondary N) is 1. The van der Waals surface area contributed by atoms with E-state index >= 15 is 0 Å². The van der Waals surface area contributed by atoms with E-state index in [1.165, 1.54) is 52.6 Å². The Morgan fingerprint density at radius 2 is 1.89 bits per heavy atom. The van der Waals surface area contributed by atoms with Gasteiger partial charge in [0.05, 0.1) is 17.2 Å². The van der Waals surface area contributed by atoms with Crippen LogP contribution in [0.25, 0.3) is 0 Å². The second-order valence-corrected chi connectivity index (χ2v) is 9.27. The highest BCUT2D eigenvalue weighted by atomic mass is 35.5. The van der Waals surface area contributed by atoms with Gasteiger partial charge in [0, 0.05) is 20.2 Å². The number of amides is 1. The standard InChI is InChI=1S/C18H26ClFN2O4S/c1-22(2)27(24,25)21-18(23)14-11-15(19)17(12-16(14)20)26-10-9-13-7-5-3-4-6-8-13/h11-13H,3-10H2,1-2H3,(H,21,23). The molecule has 1 aliphatic rings. The predicted octanol–water partition coefficient (Wildman–Crippen LogP) is 3.75. The Balaban J connectivity index is 2.00. The first-order chi connectivity index (χ1) is 12.7. The number of halogens is 2. The van der Waals surface area contributed by atoms with Gasteiger partial charge in [-0.2, -0.15) is 12.7 Å². The van der Waals surface area contributed by atoms with Crippen LogP contribution in [0.15, 0.2) is 12.1 Å². The Hall–Kier alpha value is -1.38. The maximum Gasteiger partial charge on any atom is 0.303 e. The highest BCUT2D eigenvalue weighted by Gasteiger charge is 2.22. The monoisotopic (exact) mass is 420 g/mol. The molecule has 0 saturated heterocycles. The van der Waals surface area contributed by atoms with Gasteiger partial charge < -0.3 is 4.74 Å². The van der Waals surface area contributed by atoms with Crippen molar-refractivity contribution in [2.24, 2.45) is 5.92 Å². The summed E-state index contributed by atoms with van der Waals surface area (Å²) in [6, 6.07) is 2.10. The topological polar surface area (TPSA) is 75.7 Å². The zero-order valence-corrected chi connectivity index (χ0v) is 17.2. The van der Waals surface area contributed by atoms with E-state index in [0.29, 0.717) is 12.5 Å². The van der Waals surface area contributed by atoms with Crippen molar-refractivity contribution in [1.29, 1.82) is 0 Å². The molecule has 0 heterocycles. The zero-order valence-electron chi connectivity index (χ0n) is 15.6. The molecule has 1 aliphatic carbocycles. The molecule has 1 saturated carbocycles. The molecule has 1 amide bonds. The highest BCUT2D eigenvalue weighted by Crippen LogP contribution is 2.30. The fourth-order valence-corrected chi connectivity index (χ4v) is 3.81. The number of rotatable bonds is 7. The molecule has 0 unspecified atom stereocenters. The lowest BCUT2D eigenvalue weighted by atomic mass is 9.97. The number of hydrogen-bond acceptors (Lipinski definition) is 4. The molecule has 0 atom stereocenters. The highest BCUT2D eigenvalue weighted by molar-refractivity contribution is 7.87. The van der Waals surface area contributed by atoms with E-state index in [9.17, 15) is 17.6 Å². The number of benzene rings is 1. The average Bonchev–Trinajstić information content (AvgIpc) is 2.85. The Bertz CT molecular complexity index is 763. The first-order valence-corrected chi connectivity index (χ1v) is 10.9. The van der Waals surface area contributed by atoms with Crippen molar-refractivity contribution in [3.8, 4) is 5.75 Å². The van der Waals surface area contributed by atoms with Crippen LogP contribution in [0.1, 0.15) is 55.3 Å². The Kier molecular flexibility index (Phi) is 7.88. The molecule has 1 aromatic carbocycles. The van der Waals surface area contributed by atoms with Crippen molar-refractivity contribution in [3.63, 3.8) is 0 Å². The fraction of sp³-hybridized carbons (Fsp3) is 0.611. The molecule has 2 rings (SSSR count). The molecular weight excluding hydrogens is 395 g/mol. The molecular formula is C18H26ClFN2O4S. The number of carbonyl (C=O) groups is 1.